The van der Waals surface area contributed by atoms with Gasteiger partial charge in [0.05, 0.1) is 12.3 Å². The van der Waals surface area contributed by atoms with Gasteiger partial charge in [-0.1, -0.05) is 0 Å². The third kappa shape index (κ3) is 2.27. The number of carbonyl (C=O) groups is 1. The molecule has 1 N–H and O–H groups in total. The smallest absolute Gasteiger partial charge is 0.287 e. The van der Waals surface area contributed by atoms with E-state index < -0.39 is 0 Å². The number of nitrogens with zero attached hydrogens (tertiary/aromatic N) is 3. The van der Waals surface area contributed by atoms with Crippen molar-refractivity contribution in [3.8, 4) is 0 Å². The second-order valence-electron chi connectivity index (χ2n) is 4.06. The van der Waals surface area contributed by atoms with E-state index in [1.165, 1.54) is 12.6 Å². The number of nitrogens with one attached hydrogen (secondary N) is 1. The fourth-order valence-corrected chi connectivity index (χ4v) is 1.78. The van der Waals surface area contributed by atoms with Gasteiger partial charge in [-0.2, -0.15) is 5.10 Å². The van der Waals surface area contributed by atoms with Gasteiger partial charge in [-0.05, 0) is 26.8 Å². The van der Waals surface area contributed by atoms with E-state index in [1.54, 1.807) is 10.7 Å². The average molecular weight is 248 g/mol. The fourth-order valence-electron chi connectivity index (χ4n) is 1.78. The molecular formula is C12H16N4O2. The summed E-state index contributed by atoms with van der Waals surface area (Å²) >= 11 is 0. The highest BCUT2D eigenvalue weighted by atomic mass is 16.3. The van der Waals surface area contributed by atoms with Gasteiger partial charge >= 0.3 is 0 Å². The van der Waals surface area contributed by atoms with Crippen LogP contribution in [0.2, 0.25) is 0 Å². The molecule has 2 aromatic rings. The van der Waals surface area contributed by atoms with Crippen LogP contribution in [0.5, 0.6) is 0 Å². The molecule has 96 valence electrons. The van der Waals surface area contributed by atoms with Gasteiger partial charge in [0.15, 0.2) is 5.76 Å². The Hall–Kier alpha value is -2.11. The minimum absolute atomic E-state index is 0.218. The molecule has 0 spiro atoms. The van der Waals surface area contributed by atoms with Crippen LogP contribution in [0.1, 0.15) is 41.8 Å². The summed E-state index contributed by atoms with van der Waals surface area (Å²) in [4.78, 5) is 16.1. The van der Waals surface area contributed by atoms with Crippen molar-refractivity contribution in [1.82, 2.24) is 20.1 Å². The van der Waals surface area contributed by atoms with Gasteiger partial charge < -0.3 is 9.73 Å². The normalized spacial score (nSPS) is 12.4. The van der Waals surface area contributed by atoms with Crippen LogP contribution in [-0.2, 0) is 6.54 Å². The van der Waals surface area contributed by atoms with Gasteiger partial charge in [0.25, 0.3) is 5.91 Å². The Kier molecular flexibility index (Phi) is 3.45. The summed E-state index contributed by atoms with van der Waals surface area (Å²) in [6.07, 6.45) is 2.99. The maximum absolute atomic E-state index is 12.0. The number of aromatic nitrogens is 3. The molecule has 6 nitrogen and oxygen atoms in total. The lowest BCUT2D eigenvalue weighted by molar-refractivity contribution is 0.0908. The van der Waals surface area contributed by atoms with Crippen LogP contribution >= 0.6 is 0 Å². The van der Waals surface area contributed by atoms with Crippen molar-refractivity contribution in [3.05, 3.63) is 35.8 Å². The first-order valence-electron chi connectivity index (χ1n) is 5.86. The van der Waals surface area contributed by atoms with Crippen LogP contribution in [0.3, 0.4) is 0 Å². The van der Waals surface area contributed by atoms with Crippen molar-refractivity contribution in [2.45, 2.75) is 33.4 Å². The highest BCUT2D eigenvalue weighted by Crippen LogP contribution is 2.13. The number of furan rings is 1. The van der Waals surface area contributed by atoms with Gasteiger partial charge in [0.2, 0.25) is 0 Å². The van der Waals surface area contributed by atoms with Crippen molar-refractivity contribution in [2.75, 3.05) is 0 Å². The minimum atomic E-state index is -0.240. The molecule has 0 saturated heterocycles. The molecule has 1 amide bonds. The van der Waals surface area contributed by atoms with Crippen LogP contribution in [0.15, 0.2) is 23.1 Å². The monoisotopic (exact) mass is 248 g/mol. The molecule has 2 aromatic heterocycles. The third-order valence-electron chi connectivity index (χ3n) is 2.75. The molecule has 2 heterocycles. The van der Waals surface area contributed by atoms with E-state index in [4.69, 9.17) is 4.42 Å². The summed E-state index contributed by atoms with van der Waals surface area (Å²) in [5.41, 5.74) is 0.816. The van der Waals surface area contributed by atoms with Crippen LogP contribution in [-0.4, -0.2) is 20.7 Å². The zero-order valence-electron chi connectivity index (χ0n) is 10.7. The molecule has 0 bridgehead atoms. The van der Waals surface area contributed by atoms with Gasteiger partial charge in [0, 0.05) is 12.1 Å². The zero-order chi connectivity index (χ0) is 13.1. The van der Waals surface area contributed by atoms with Crippen LogP contribution in [0.25, 0.3) is 0 Å². The predicted molar refractivity (Wildman–Crippen MR) is 65.0 cm³/mol. The van der Waals surface area contributed by atoms with Crippen LogP contribution in [0, 0.1) is 6.92 Å². The molecule has 0 aliphatic carbocycles. The molecule has 0 saturated carbocycles. The lowest BCUT2D eigenvalue weighted by atomic mass is 10.2. The summed E-state index contributed by atoms with van der Waals surface area (Å²) < 4.78 is 6.90. The molecule has 18 heavy (non-hydrogen) atoms. The number of amides is 1. The van der Waals surface area contributed by atoms with Gasteiger partial charge in [-0.25, -0.2) is 9.67 Å². The first-order chi connectivity index (χ1) is 8.63. The topological polar surface area (TPSA) is 73.0 Å². The standard InChI is InChI=1S/C12H16N4O2/c1-4-16-11(13-7-14-16)9(3)15-12(17)10-8(2)5-6-18-10/h5-7,9H,4H2,1-3H3,(H,15,17). The minimum Gasteiger partial charge on any atom is -0.459 e. The number of carbonyl (C=O) groups excluding carboxylic acids is 1. The van der Waals surface area contributed by atoms with E-state index in [-0.39, 0.29) is 11.9 Å². The number of rotatable bonds is 4. The summed E-state index contributed by atoms with van der Waals surface area (Å²) in [5, 5.41) is 6.92. The molecule has 0 aliphatic heterocycles. The highest BCUT2D eigenvalue weighted by molar-refractivity contribution is 5.92. The largest absolute Gasteiger partial charge is 0.459 e. The van der Waals surface area contributed by atoms with Crippen molar-refractivity contribution < 1.29 is 9.21 Å². The molecule has 0 fully saturated rings. The highest BCUT2D eigenvalue weighted by Gasteiger charge is 2.18. The van der Waals surface area contributed by atoms with Gasteiger partial charge in [0.1, 0.15) is 12.2 Å². The Balaban J connectivity index is 2.10. The van der Waals surface area contributed by atoms with E-state index in [1.807, 2.05) is 20.8 Å². The Morgan fingerprint density at radius 3 is 3.00 bits per heavy atom. The van der Waals surface area contributed by atoms with E-state index in [0.29, 0.717) is 5.76 Å². The third-order valence-corrected chi connectivity index (χ3v) is 2.75. The lowest BCUT2D eigenvalue weighted by Crippen LogP contribution is -2.29. The first kappa shape index (κ1) is 12.3. The van der Waals surface area contributed by atoms with Crippen molar-refractivity contribution in [1.29, 1.82) is 0 Å². The zero-order valence-corrected chi connectivity index (χ0v) is 10.7. The SMILES string of the molecule is CCn1ncnc1C(C)NC(=O)c1occc1C. The van der Waals surface area contributed by atoms with Crippen molar-refractivity contribution >= 4 is 5.91 Å². The quantitative estimate of drug-likeness (QED) is 0.893. The molecule has 0 radical (unpaired) electrons. The molecule has 1 atom stereocenters. The second-order valence-corrected chi connectivity index (χ2v) is 4.06. The van der Waals surface area contributed by atoms with Gasteiger partial charge in [-0.15, -0.1) is 0 Å². The molecule has 0 aromatic carbocycles. The van der Waals surface area contributed by atoms with E-state index in [0.717, 1.165) is 17.9 Å². The Bertz CT molecular complexity index is 544. The summed E-state index contributed by atoms with van der Waals surface area (Å²) in [5.74, 6) is 0.829. The molecule has 1 unspecified atom stereocenters. The molecule has 6 heteroatoms. The second kappa shape index (κ2) is 5.03. The van der Waals surface area contributed by atoms with Crippen LogP contribution < -0.4 is 5.32 Å². The number of hydrogen-bond donors (Lipinski definition) is 1. The average Bonchev–Trinajstić information content (AvgIpc) is 2.96. The van der Waals surface area contributed by atoms with Crippen molar-refractivity contribution in [3.63, 3.8) is 0 Å². The lowest BCUT2D eigenvalue weighted by Gasteiger charge is -2.13. The number of aryl methyl sites for hydroxylation is 2. The Morgan fingerprint density at radius 2 is 2.39 bits per heavy atom. The Morgan fingerprint density at radius 1 is 1.61 bits per heavy atom. The molecule has 2 rings (SSSR count). The predicted octanol–water partition coefficient (Wildman–Crippen LogP) is 1.69. The van der Waals surface area contributed by atoms with Crippen LogP contribution in [0.4, 0.5) is 0 Å². The first-order valence-corrected chi connectivity index (χ1v) is 5.86. The maximum atomic E-state index is 12.0. The summed E-state index contributed by atoms with van der Waals surface area (Å²) in [6.45, 7) is 6.39. The molecule has 0 aliphatic rings. The van der Waals surface area contributed by atoms with E-state index in [2.05, 4.69) is 15.4 Å². The van der Waals surface area contributed by atoms with E-state index >= 15 is 0 Å². The Labute approximate surface area is 105 Å². The summed E-state index contributed by atoms with van der Waals surface area (Å²) in [6, 6.07) is 1.54. The fraction of sp³-hybridized carbons (Fsp3) is 0.417. The molecular weight excluding hydrogens is 232 g/mol. The summed E-state index contributed by atoms with van der Waals surface area (Å²) in [7, 11) is 0. The van der Waals surface area contributed by atoms with E-state index in [9.17, 15) is 4.79 Å². The van der Waals surface area contributed by atoms with Gasteiger partial charge in [-0.3, -0.25) is 4.79 Å². The maximum Gasteiger partial charge on any atom is 0.287 e. The number of hydrogen-bond acceptors (Lipinski definition) is 4. The van der Waals surface area contributed by atoms with Crippen molar-refractivity contribution in [2.24, 2.45) is 0 Å².